The first-order chi connectivity index (χ1) is 10.9. The minimum atomic E-state index is -1.08. The number of halogens is 1. The third kappa shape index (κ3) is 2.67. The number of nitrogens with one attached hydrogen (secondary N) is 1. The molecule has 1 aliphatic rings. The molecule has 0 radical (unpaired) electrons. The van der Waals surface area contributed by atoms with Crippen LogP contribution >= 0.6 is 15.9 Å². The Bertz CT molecular complexity index is 806. The van der Waals surface area contributed by atoms with Gasteiger partial charge in [-0.2, -0.15) is 0 Å². The quantitative estimate of drug-likeness (QED) is 0.860. The summed E-state index contributed by atoms with van der Waals surface area (Å²) in [5.74, 6) is -1.30. The van der Waals surface area contributed by atoms with Crippen molar-refractivity contribution in [2.45, 2.75) is 32.2 Å². The third-order valence-corrected chi connectivity index (χ3v) is 4.95. The predicted molar refractivity (Wildman–Crippen MR) is 90.0 cm³/mol. The summed E-state index contributed by atoms with van der Waals surface area (Å²) in [6.45, 7) is 3.79. The van der Waals surface area contributed by atoms with Gasteiger partial charge in [-0.15, -0.1) is 0 Å². The topological polar surface area (TPSA) is 71.3 Å². The van der Waals surface area contributed by atoms with E-state index in [4.69, 9.17) is 0 Å². The Labute approximate surface area is 142 Å². The summed E-state index contributed by atoms with van der Waals surface area (Å²) in [7, 11) is 0. The Hall–Kier alpha value is -2.08. The molecule has 5 nitrogen and oxygen atoms in total. The maximum atomic E-state index is 12.5. The van der Waals surface area contributed by atoms with Crippen LogP contribution in [0.4, 0.5) is 0 Å². The molecule has 0 bridgehead atoms. The summed E-state index contributed by atoms with van der Waals surface area (Å²) >= 11 is 3.53. The smallest absolute Gasteiger partial charge is 0.329 e. The van der Waals surface area contributed by atoms with E-state index in [1.54, 1.807) is 6.07 Å². The highest BCUT2D eigenvalue weighted by molar-refractivity contribution is 9.10. The molecule has 1 aliphatic carbocycles. The van der Waals surface area contributed by atoms with Crippen molar-refractivity contribution in [1.82, 2.24) is 9.88 Å². The maximum absolute atomic E-state index is 12.5. The number of nitrogens with zero attached hydrogens (tertiary/aromatic N) is 1. The lowest BCUT2D eigenvalue weighted by Crippen LogP contribution is -2.43. The number of carboxylic acid groups (broad SMARTS) is 1. The first-order valence-corrected chi connectivity index (χ1v) is 8.15. The first kappa shape index (κ1) is 15.8. The molecule has 0 spiro atoms. The number of hydrogen-bond donors (Lipinski definition) is 2. The Morgan fingerprint density at radius 1 is 1.26 bits per heavy atom. The number of carbonyl (C=O) groups is 2. The second-order valence-corrected chi connectivity index (χ2v) is 6.77. The summed E-state index contributed by atoms with van der Waals surface area (Å²) in [5, 5.41) is 11.9. The molecule has 1 saturated carbocycles. The normalized spacial score (nSPS) is 15.3. The van der Waals surface area contributed by atoms with Gasteiger partial charge in [0, 0.05) is 15.9 Å². The molecular weight excluding hydrogens is 360 g/mol. The van der Waals surface area contributed by atoms with Gasteiger partial charge in [0.05, 0.1) is 11.3 Å². The molecule has 6 heteroatoms. The Morgan fingerprint density at radius 3 is 2.48 bits per heavy atom. The lowest BCUT2D eigenvalue weighted by molar-refractivity contribution is -0.140. The van der Waals surface area contributed by atoms with Crippen molar-refractivity contribution >= 4 is 27.8 Å². The van der Waals surface area contributed by atoms with Crippen molar-refractivity contribution in [3.63, 3.8) is 0 Å². The second-order valence-electron chi connectivity index (χ2n) is 5.91. The van der Waals surface area contributed by atoms with E-state index in [0.717, 1.165) is 21.5 Å². The highest BCUT2D eigenvalue weighted by Gasteiger charge is 2.51. The Balaban J connectivity index is 1.97. The zero-order valence-electron chi connectivity index (χ0n) is 12.9. The van der Waals surface area contributed by atoms with Crippen molar-refractivity contribution in [2.24, 2.45) is 0 Å². The molecule has 1 amide bonds. The monoisotopic (exact) mass is 376 g/mol. The van der Waals surface area contributed by atoms with E-state index in [9.17, 15) is 14.7 Å². The zero-order chi connectivity index (χ0) is 16.8. The molecule has 23 heavy (non-hydrogen) atoms. The number of aromatic nitrogens is 1. The van der Waals surface area contributed by atoms with Gasteiger partial charge in [0.1, 0.15) is 5.54 Å². The largest absolute Gasteiger partial charge is 0.480 e. The van der Waals surface area contributed by atoms with E-state index >= 15 is 0 Å². The standard InChI is InChI=1S/C17H17BrN2O3/c1-10-9-12(15(21)19-17(7-8-17)16(22)23)11(2)20(10)14-6-4-3-5-13(14)18/h3-6,9H,7-8H2,1-2H3,(H,19,21)(H,22,23). The SMILES string of the molecule is Cc1cc(C(=O)NC2(C(=O)O)CC2)c(C)n1-c1ccccc1Br. The van der Waals surface area contributed by atoms with Gasteiger partial charge in [0.25, 0.3) is 5.91 Å². The highest BCUT2D eigenvalue weighted by Crippen LogP contribution is 2.36. The van der Waals surface area contributed by atoms with Crippen LogP contribution in [0.15, 0.2) is 34.8 Å². The van der Waals surface area contributed by atoms with Crippen LogP contribution in [0, 0.1) is 13.8 Å². The van der Waals surface area contributed by atoms with Crippen LogP contribution in [0.2, 0.25) is 0 Å². The van der Waals surface area contributed by atoms with Gasteiger partial charge in [-0.25, -0.2) is 4.79 Å². The maximum Gasteiger partial charge on any atom is 0.329 e. The van der Waals surface area contributed by atoms with E-state index in [2.05, 4.69) is 21.2 Å². The number of aryl methyl sites for hydroxylation is 1. The molecule has 1 aromatic heterocycles. The van der Waals surface area contributed by atoms with Crippen LogP contribution in [0.1, 0.15) is 34.6 Å². The highest BCUT2D eigenvalue weighted by atomic mass is 79.9. The van der Waals surface area contributed by atoms with Crippen LogP contribution in [-0.2, 0) is 4.79 Å². The van der Waals surface area contributed by atoms with Crippen molar-refractivity contribution in [3.8, 4) is 5.69 Å². The fourth-order valence-electron chi connectivity index (χ4n) is 2.80. The van der Waals surface area contributed by atoms with E-state index in [1.165, 1.54) is 0 Å². The number of aliphatic carboxylic acids is 1. The molecule has 2 N–H and O–H groups in total. The third-order valence-electron chi connectivity index (χ3n) is 4.28. The van der Waals surface area contributed by atoms with Crippen LogP contribution in [0.25, 0.3) is 5.69 Å². The Kier molecular flexibility index (Phi) is 3.80. The van der Waals surface area contributed by atoms with Crippen LogP contribution in [0.3, 0.4) is 0 Å². The van der Waals surface area contributed by atoms with Gasteiger partial charge < -0.3 is 15.0 Å². The molecule has 120 valence electrons. The predicted octanol–water partition coefficient (Wildman–Crippen LogP) is 3.20. The molecular formula is C17H17BrN2O3. The number of hydrogen-bond acceptors (Lipinski definition) is 2. The van der Waals surface area contributed by atoms with Crippen molar-refractivity contribution in [2.75, 3.05) is 0 Å². The van der Waals surface area contributed by atoms with Crippen LogP contribution in [0.5, 0.6) is 0 Å². The summed E-state index contributed by atoms with van der Waals surface area (Å²) in [5.41, 5.74) is 2.08. The van der Waals surface area contributed by atoms with Crippen molar-refractivity contribution < 1.29 is 14.7 Å². The van der Waals surface area contributed by atoms with Gasteiger partial charge in [0.15, 0.2) is 0 Å². The fraction of sp³-hybridized carbons (Fsp3) is 0.294. The number of carbonyl (C=O) groups excluding carboxylic acids is 1. The molecule has 0 aliphatic heterocycles. The molecule has 1 fully saturated rings. The summed E-state index contributed by atoms with van der Waals surface area (Å²) in [4.78, 5) is 23.8. The van der Waals surface area contributed by atoms with E-state index in [0.29, 0.717) is 18.4 Å². The molecule has 0 unspecified atom stereocenters. The van der Waals surface area contributed by atoms with Gasteiger partial charge >= 0.3 is 5.97 Å². The zero-order valence-corrected chi connectivity index (χ0v) is 14.5. The minimum Gasteiger partial charge on any atom is -0.480 e. The van der Waals surface area contributed by atoms with Crippen LogP contribution < -0.4 is 5.32 Å². The summed E-state index contributed by atoms with van der Waals surface area (Å²) in [6, 6.07) is 9.56. The van der Waals surface area contributed by atoms with E-state index < -0.39 is 11.5 Å². The molecule has 0 atom stereocenters. The average Bonchev–Trinajstić information content (AvgIpc) is 3.21. The molecule has 1 aromatic carbocycles. The van der Waals surface area contributed by atoms with Gasteiger partial charge in [-0.3, -0.25) is 4.79 Å². The van der Waals surface area contributed by atoms with Gasteiger partial charge in [-0.05, 0) is 60.8 Å². The van der Waals surface area contributed by atoms with E-state index in [-0.39, 0.29) is 5.91 Å². The number of rotatable bonds is 4. The number of para-hydroxylation sites is 1. The molecule has 0 saturated heterocycles. The van der Waals surface area contributed by atoms with E-state index in [1.807, 2.05) is 42.7 Å². The number of benzene rings is 1. The van der Waals surface area contributed by atoms with Crippen molar-refractivity contribution in [1.29, 1.82) is 0 Å². The number of carboxylic acids is 1. The number of amides is 1. The van der Waals surface area contributed by atoms with Gasteiger partial charge in [0.2, 0.25) is 0 Å². The fourth-order valence-corrected chi connectivity index (χ4v) is 3.26. The van der Waals surface area contributed by atoms with Crippen molar-refractivity contribution in [3.05, 3.63) is 51.8 Å². The summed E-state index contributed by atoms with van der Waals surface area (Å²) < 4.78 is 2.91. The molecule has 2 aromatic rings. The average molecular weight is 377 g/mol. The minimum absolute atomic E-state index is 0.337. The molecule has 1 heterocycles. The molecule has 3 rings (SSSR count). The van der Waals surface area contributed by atoms with Gasteiger partial charge in [-0.1, -0.05) is 12.1 Å². The Morgan fingerprint density at radius 2 is 1.91 bits per heavy atom. The summed E-state index contributed by atoms with van der Waals surface area (Å²) in [6.07, 6.45) is 0.966. The second kappa shape index (κ2) is 5.53. The lowest BCUT2D eigenvalue weighted by Gasteiger charge is -2.14. The lowest BCUT2D eigenvalue weighted by atomic mass is 10.2. The first-order valence-electron chi connectivity index (χ1n) is 7.35. The van der Waals surface area contributed by atoms with Crippen LogP contribution in [-0.4, -0.2) is 27.1 Å².